The molecule has 0 unspecified atom stereocenters. The second kappa shape index (κ2) is 6.15. The standard InChI is InChI=1S/C15H18N2O2S/c1-13(2)17(12-14-7-6-10-16-11-14)20(18,19)15-8-4-3-5-9-15/h3-11,13H,12H2,1-2H3. The number of pyridine rings is 1. The first-order valence-corrected chi connectivity index (χ1v) is 7.91. The summed E-state index contributed by atoms with van der Waals surface area (Å²) in [6.45, 7) is 4.07. The fourth-order valence-corrected chi connectivity index (χ4v) is 3.59. The van der Waals surface area contributed by atoms with E-state index in [2.05, 4.69) is 4.98 Å². The Kier molecular flexibility index (Phi) is 4.52. The highest BCUT2D eigenvalue weighted by atomic mass is 32.2. The summed E-state index contributed by atoms with van der Waals surface area (Å²) in [6, 6.07) is 12.1. The van der Waals surface area contributed by atoms with E-state index in [4.69, 9.17) is 0 Å². The van der Waals surface area contributed by atoms with E-state index >= 15 is 0 Å². The summed E-state index contributed by atoms with van der Waals surface area (Å²) in [5, 5.41) is 0. The number of rotatable bonds is 5. The molecule has 0 N–H and O–H groups in total. The van der Waals surface area contributed by atoms with Gasteiger partial charge in [0.05, 0.1) is 4.90 Å². The lowest BCUT2D eigenvalue weighted by Gasteiger charge is -2.25. The predicted octanol–water partition coefficient (Wildman–Crippen LogP) is 2.68. The Hall–Kier alpha value is -1.72. The van der Waals surface area contributed by atoms with E-state index in [1.807, 2.05) is 26.0 Å². The maximum Gasteiger partial charge on any atom is 0.243 e. The first-order chi connectivity index (χ1) is 9.51. The molecule has 1 heterocycles. The van der Waals surface area contributed by atoms with Crippen LogP contribution >= 0.6 is 0 Å². The summed E-state index contributed by atoms with van der Waals surface area (Å²) in [4.78, 5) is 4.35. The maximum absolute atomic E-state index is 12.7. The molecule has 0 fully saturated rings. The molecule has 4 nitrogen and oxygen atoms in total. The molecule has 106 valence electrons. The third kappa shape index (κ3) is 3.23. The Bertz CT molecular complexity index is 640. The number of benzene rings is 1. The highest BCUT2D eigenvalue weighted by molar-refractivity contribution is 7.89. The average Bonchev–Trinajstić information content (AvgIpc) is 2.46. The monoisotopic (exact) mass is 290 g/mol. The molecule has 0 bridgehead atoms. The molecule has 0 spiro atoms. The van der Waals surface area contributed by atoms with Crippen LogP contribution in [0.3, 0.4) is 0 Å². The van der Waals surface area contributed by atoms with Crippen LogP contribution in [0.4, 0.5) is 0 Å². The molecule has 1 aromatic heterocycles. The lowest BCUT2D eigenvalue weighted by Crippen LogP contribution is -2.36. The van der Waals surface area contributed by atoms with Crippen molar-refractivity contribution < 1.29 is 8.42 Å². The van der Waals surface area contributed by atoms with Crippen LogP contribution in [0.15, 0.2) is 59.8 Å². The zero-order valence-corrected chi connectivity index (χ0v) is 12.4. The lowest BCUT2D eigenvalue weighted by molar-refractivity contribution is 0.347. The van der Waals surface area contributed by atoms with Crippen molar-refractivity contribution in [2.45, 2.75) is 31.3 Å². The van der Waals surface area contributed by atoms with Gasteiger partial charge < -0.3 is 0 Å². The molecule has 0 saturated heterocycles. The van der Waals surface area contributed by atoms with Crippen molar-refractivity contribution in [3.8, 4) is 0 Å². The zero-order chi connectivity index (χ0) is 14.6. The zero-order valence-electron chi connectivity index (χ0n) is 11.6. The van der Waals surface area contributed by atoms with Gasteiger partial charge in [-0.1, -0.05) is 24.3 Å². The minimum atomic E-state index is -3.49. The quantitative estimate of drug-likeness (QED) is 0.850. The van der Waals surface area contributed by atoms with Gasteiger partial charge in [-0.05, 0) is 37.6 Å². The van der Waals surface area contributed by atoms with Crippen molar-refractivity contribution >= 4 is 10.0 Å². The smallest absolute Gasteiger partial charge is 0.243 e. The highest BCUT2D eigenvalue weighted by Gasteiger charge is 2.26. The van der Waals surface area contributed by atoms with E-state index in [-0.39, 0.29) is 6.04 Å². The van der Waals surface area contributed by atoms with Crippen molar-refractivity contribution in [2.75, 3.05) is 0 Å². The number of aromatic nitrogens is 1. The molecule has 0 aliphatic heterocycles. The van der Waals surface area contributed by atoms with Gasteiger partial charge in [0.1, 0.15) is 0 Å². The molecule has 0 aliphatic carbocycles. The van der Waals surface area contributed by atoms with E-state index in [1.165, 1.54) is 4.31 Å². The molecule has 2 rings (SSSR count). The average molecular weight is 290 g/mol. The van der Waals surface area contributed by atoms with Gasteiger partial charge in [-0.25, -0.2) is 8.42 Å². The van der Waals surface area contributed by atoms with Gasteiger partial charge in [-0.2, -0.15) is 4.31 Å². The van der Waals surface area contributed by atoms with Gasteiger partial charge >= 0.3 is 0 Å². The lowest BCUT2D eigenvalue weighted by atomic mass is 10.2. The number of nitrogens with zero attached hydrogens (tertiary/aromatic N) is 2. The third-order valence-corrected chi connectivity index (χ3v) is 5.02. The molecule has 0 radical (unpaired) electrons. The van der Waals surface area contributed by atoms with Crippen molar-refractivity contribution in [1.29, 1.82) is 0 Å². The predicted molar refractivity (Wildman–Crippen MR) is 78.5 cm³/mol. The minimum Gasteiger partial charge on any atom is -0.264 e. The Morgan fingerprint density at radius 3 is 2.35 bits per heavy atom. The molecule has 0 amide bonds. The molecule has 0 saturated carbocycles. The summed E-state index contributed by atoms with van der Waals surface area (Å²) >= 11 is 0. The molecular formula is C15H18N2O2S. The maximum atomic E-state index is 12.7. The van der Waals surface area contributed by atoms with Crippen LogP contribution < -0.4 is 0 Å². The minimum absolute atomic E-state index is 0.125. The second-order valence-corrected chi connectivity index (χ2v) is 6.71. The third-order valence-electron chi connectivity index (χ3n) is 2.99. The summed E-state index contributed by atoms with van der Waals surface area (Å²) in [6.07, 6.45) is 3.37. The molecule has 0 aliphatic rings. The largest absolute Gasteiger partial charge is 0.264 e. The summed E-state index contributed by atoms with van der Waals surface area (Å²) in [7, 11) is -3.49. The summed E-state index contributed by atoms with van der Waals surface area (Å²) < 4.78 is 26.9. The van der Waals surface area contributed by atoms with E-state index in [9.17, 15) is 8.42 Å². The topological polar surface area (TPSA) is 50.3 Å². The highest BCUT2D eigenvalue weighted by Crippen LogP contribution is 2.20. The molecule has 1 aromatic carbocycles. The van der Waals surface area contributed by atoms with Gasteiger partial charge in [-0.15, -0.1) is 0 Å². The van der Waals surface area contributed by atoms with Gasteiger partial charge in [0.25, 0.3) is 0 Å². The Labute approximate surface area is 120 Å². The van der Waals surface area contributed by atoms with E-state index in [1.54, 1.807) is 42.7 Å². The van der Waals surface area contributed by atoms with Crippen LogP contribution in [0.25, 0.3) is 0 Å². The van der Waals surface area contributed by atoms with E-state index in [0.29, 0.717) is 11.4 Å². The van der Waals surface area contributed by atoms with Gasteiger partial charge in [0.15, 0.2) is 0 Å². The van der Waals surface area contributed by atoms with Crippen LogP contribution in [0, 0.1) is 0 Å². The fourth-order valence-electron chi connectivity index (χ4n) is 1.94. The SMILES string of the molecule is CC(C)N(Cc1cccnc1)S(=O)(=O)c1ccccc1. The van der Waals surface area contributed by atoms with Crippen molar-refractivity contribution in [3.63, 3.8) is 0 Å². The second-order valence-electron chi connectivity index (χ2n) is 4.82. The molecule has 2 aromatic rings. The normalized spacial score (nSPS) is 12.0. The van der Waals surface area contributed by atoms with Crippen LogP contribution in [0.1, 0.15) is 19.4 Å². The van der Waals surface area contributed by atoms with Gasteiger partial charge in [0.2, 0.25) is 10.0 Å². The van der Waals surface area contributed by atoms with Crippen molar-refractivity contribution in [3.05, 3.63) is 60.4 Å². The van der Waals surface area contributed by atoms with Crippen LogP contribution in [0.5, 0.6) is 0 Å². The number of hydrogen-bond acceptors (Lipinski definition) is 3. The summed E-state index contributed by atoms with van der Waals surface area (Å²) in [5.41, 5.74) is 0.876. The van der Waals surface area contributed by atoms with E-state index in [0.717, 1.165) is 5.56 Å². The van der Waals surface area contributed by atoms with Crippen LogP contribution in [0.2, 0.25) is 0 Å². The first-order valence-electron chi connectivity index (χ1n) is 6.47. The number of hydrogen-bond donors (Lipinski definition) is 0. The first kappa shape index (κ1) is 14.7. The van der Waals surface area contributed by atoms with Gasteiger partial charge in [0, 0.05) is 25.0 Å². The molecular weight excluding hydrogens is 272 g/mol. The summed E-state index contributed by atoms with van der Waals surface area (Å²) in [5.74, 6) is 0. The molecule has 20 heavy (non-hydrogen) atoms. The van der Waals surface area contributed by atoms with Crippen molar-refractivity contribution in [2.24, 2.45) is 0 Å². The number of sulfonamides is 1. The molecule has 0 atom stereocenters. The van der Waals surface area contributed by atoms with Crippen LogP contribution in [-0.4, -0.2) is 23.7 Å². The van der Waals surface area contributed by atoms with Gasteiger partial charge in [-0.3, -0.25) is 4.98 Å². The Balaban J connectivity index is 2.34. The molecule has 5 heteroatoms. The Morgan fingerprint density at radius 2 is 1.80 bits per heavy atom. The fraction of sp³-hybridized carbons (Fsp3) is 0.267. The van der Waals surface area contributed by atoms with Crippen LogP contribution in [-0.2, 0) is 16.6 Å². The van der Waals surface area contributed by atoms with E-state index < -0.39 is 10.0 Å². The Morgan fingerprint density at radius 1 is 1.10 bits per heavy atom. The van der Waals surface area contributed by atoms with Crippen molar-refractivity contribution in [1.82, 2.24) is 9.29 Å².